The van der Waals surface area contributed by atoms with Crippen molar-refractivity contribution in [3.05, 3.63) is 74.5 Å². The number of nitrogens with zero attached hydrogens (tertiary/aromatic N) is 1. The molecule has 2 N–H and O–H groups in total. The Hall–Kier alpha value is -2.65. The smallest absolute Gasteiger partial charge is 0.0698 e. The quantitative estimate of drug-likeness (QED) is 0.518. The van der Waals surface area contributed by atoms with Gasteiger partial charge in [0.25, 0.3) is 0 Å². The molecule has 0 aromatic carbocycles. The number of pyridine rings is 1. The van der Waals surface area contributed by atoms with Gasteiger partial charge in [-0.25, -0.2) is 0 Å². The summed E-state index contributed by atoms with van der Waals surface area (Å²) in [4.78, 5) is 7.60. The third kappa shape index (κ3) is 9.09. The number of aromatic nitrogens is 2. The summed E-state index contributed by atoms with van der Waals surface area (Å²) in [5, 5.41) is 7.61. The SMILES string of the molecule is C=C(C)CC(=C/C)/C=c1/ncccc1=C.C=c1[nH]c(CC)c(C)c1=C(C)C.CCC1C(CC)C1NC. The number of hydrogen-bond donors (Lipinski definition) is 2. The second kappa shape index (κ2) is 15.5. The number of H-pyrrole nitrogens is 1. The molecule has 1 aliphatic carbocycles. The van der Waals surface area contributed by atoms with E-state index in [-0.39, 0.29) is 0 Å². The van der Waals surface area contributed by atoms with Crippen LogP contribution in [-0.4, -0.2) is 23.1 Å². The Morgan fingerprint density at radius 3 is 2.06 bits per heavy atom. The lowest BCUT2D eigenvalue weighted by molar-refractivity contribution is 0.663. The van der Waals surface area contributed by atoms with Crippen LogP contribution in [0.1, 0.15) is 79.0 Å². The monoisotopic (exact) mass is 489 g/mol. The van der Waals surface area contributed by atoms with Crippen molar-refractivity contribution in [2.24, 2.45) is 11.8 Å². The fourth-order valence-corrected chi connectivity index (χ4v) is 5.07. The largest absolute Gasteiger partial charge is 0.359 e. The van der Waals surface area contributed by atoms with Gasteiger partial charge >= 0.3 is 0 Å². The summed E-state index contributed by atoms with van der Waals surface area (Å²) in [7, 11) is 2.07. The second-order valence-electron chi connectivity index (χ2n) is 10.1. The first kappa shape index (κ1) is 31.4. The molecule has 1 fully saturated rings. The van der Waals surface area contributed by atoms with Crippen LogP contribution in [0.5, 0.6) is 0 Å². The van der Waals surface area contributed by atoms with Gasteiger partial charge in [0.15, 0.2) is 0 Å². The van der Waals surface area contributed by atoms with Crippen molar-refractivity contribution in [2.45, 2.75) is 87.1 Å². The highest BCUT2D eigenvalue weighted by Gasteiger charge is 2.45. The molecule has 0 amide bonds. The first-order valence-electron chi connectivity index (χ1n) is 13.5. The molecule has 0 aliphatic heterocycles. The highest BCUT2D eigenvalue weighted by atomic mass is 15.0. The maximum absolute atomic E-state index is 4.28. The highest BCUT2D eigenvalue weighted by molar-refractivity contribution is 5.47. The Morgan fingerprint density at radius 1 is 1.11 bits per heavy atom. The number of hydrogen-bond acceptors (Lipinski definition) is 2. The average molecular weight is 490 g/mol. The molecule has 2 atom stereocenters. The lowest BCUT2D eigenvalue weighted by atomic mass is 10.1. The minimum atomic E-state index is 0.847. The zero-order chi connectivity index (χ0) is 27.4. The predicted octanol–water partition coefficient (Wildman–Crippen LogP) is 5.31. The Kier molecular flexibility index (Phi) is 13.5. The molecule has 3 heteroatoms. The van der Waals surface area contributed by atoms with E-state index < -0.39 is 0 Å². The van der Waals surface area contributed by atoms with Crippen LogP contribution in [0.3, 0.4) is 0 Å². The molecule has 3 rings (SSSR count). The molecule has 2 heterocycles. The first-order valence-corrected chi connectivity index (χ1v) is 13.5. The third-order valence-electron chi connectivity index (χ3n) is 7.02. The molecular formula is C33H51N3. The van der Waals surface area contributed by atoms with Crippen molar-refractivity contribution in [2.75, 3.05) is 7.05 Å². The Morgan fingerprint density at radius 2 is 1.72 bits per heavy atom. The lowest BCUT2D eigenvalue weighted by Gasteiger charge is -1.99. The van der Waals surface area contributed by atoms with Crippen LogP contribution in [0.15, 0.2) is 42.1 Å². The average Bonchev–Trinajstić information content (AvgIpc) is 3.47. The summed E-state index contributed by atoms with van der Waals surface area (Å²) in [5.41, 5.74) is 6.40. The van der Waals surface area contributed by atoms with E-state index in [1.54, 1.807) is 6.20 Å². The van der Waals surface area contributed by atoms with Crippen LogP contribution >= 0.6 is 0 Å². The van der Waals surface area contributed by atoms with Crippen molar-refractivity contribution in [1.29, 1.82) is 0 Å². The van der Waals surface area contributed by atoms with Crippen molar-refractivity contribution in [1.82, 2.24) is 15.3 Å². The summed E-state index contributed by atoms with van der Waals surface area (Å²) in [5.74, 6) is 1.97. The topological polar surface area (TPSA) is 40.7 Å². The minimum absolute atomic E-state index is 0.847. The van der Waals surface area contributed by atoms with Crippen LogP contribution in [0.25, 0.3) is 24.8 Å². The first-order chi connectivity index (χ1) is 17.1. The van der Waals surface area contributed by atoms with Gasteiger partial charge in [0.1, 0.15) is 0 Å². The van der Waals surface area contributed by atoms with E-state index >= 15 is 0 Å². The van der Waals surface area contributed by atoms with Crippen molar-refractivity contribution in [3.8, 4) is 0 Å². The Balaban J connectivity index is 0.000000279. The van der Waals surface area contributed by atoms with Crippen molar-refractivity contribution < 1.29 is 0 Å². The second-order valence-corrected chi connectivity index (χ2v) is 10.1. The fraction of sp³-hybridized carbons (Fsp3) is 0.485. The molecule has 0 spiro atoms. The zero-order valence-corrected chi connectivity index (χ0v) is 24.5. The van der Waals surface area contributed by atoms with Gasteiger partial charge in [0.2, 0.25) is 0 Å². The normalized spacial score (nSPS) is 19.1. The van der Waals surface area contributed by atoms with E-state index in [2.05, 4.69) is 95.8 Å². The van der Waals surface area contributed by atoms with E-state index in [1.165, 1.54) is 40.5 Å². The molecule has 3 nitrogen and oxygen atoms in total. The maximum atomic E-state index is 4.28. The summed E-state index contributed by atoms with van der Waals surface area (Å²) in [6.45, 7) is 29.0. The molecule has 198 valence electrons. The van der Waals surface area contributed by atoms with E-state index in [1.807, 2.05) is 26.0 Å². The Bertz CT molecular complexity index is 1200. The molecule has 2 aromatic rings. The molecular weight excluding hydrogens is 438 g/mol. The van der Waals surface area contributed by atoms with Crippen molar-refractivity contribution >= 4 is 24.8 Å². The Labute approximate surface area is 220 Å². The van der Waals surface area contributed by atoms with Crippen molar-refractivity contribution in [3.63, 3.8) is 0 Å². The van der Waals surface area contributed by atoms with Gasteiger partial charge in [-0.2, -0.15) is 0 Å². The van der Waals surface area contributed by atoms with Gasteiger partial charge in [0.05, 0.1) is 5.35 Å². The standard InChI is InChI=1S/C14H17N.C11H17N.C8H17N/c1-5-13(9-11(2)3)10-14-12(4)7-6-8-15-14;1-6-10-8(4)11(7(2)3)9(5)12-10;1-4-6-7(5-2)8(6)9-3/h5-8,10H,2,4,9H2,1,3H3;12H,5-6H2,1-4H3;6-9H,4-5H2,1-3H3/b13-5-,14-10+;;. The van der Waals surface area contributed by atoms with E-state index in [4.69, 9.17) is 0 Å². The minimum Gasteiger partial charge on any atom is -0.359 e. The molecule has 0 saturated heterocycles. The van der Waals surface area contributed by atoms with Crippen LogP contribution < -0.4 is 26.5 Å². The number of allylic oxidation sites excluding steroid dienone is 3. The van der Waals surface area contributed by atoms with Gasteiger partial charge in [-0.3, -0.25) is 4.98 Å². The van der Waals surface area contributed by atoms with Gasteiger partial charge < -0.3 is 10.3 Å². The highest BCUT2D eigenvalue weighted by Crippen LogP contribution is 2.43. The summed E-state index contributed by atoms with van der Waals surface area (Å²) >= 11 is 0. The number of aryl methyl sites for hydroxylation is 1. The molecule has 0 radical (unpaired) electrons. The summed E-state index contributed by atoms with van der Waals surface area (Å²) in [6, 6.07) is 4.71. The number of nitrogens with one attached hydrogen (secondary N) is 2. The fourth-order valence-electron chi connectivity index (χ4n) is 5.07. The number of aromatic amines is 1. The predicted molar refractivity (Wildman–Crippen MR) is 162 cm³/mol. The zero-order valence-electron chi connectivity index (χ0n) is 24.5. The van der Waals surface area contributed by atoms with Crippen LogP contribution in [0.2, 0.25) is 0 Å². The van der Waals surface area contributed by atoms with E-state index in [0.29, 0.717) is 0 Å². The maximum Gasteiger partial charge on any atom is 0.0698 e. The van der Waals surface area contributed by atoms with Gasteiger partial charge in [-0.15, -0.1) is 0 Å². The van der Waals surface area contributed by atoms with E-state index in [9.17, 15) is 0 Å². The molecule has 2 aromatic heterocycles. The molecule has 36 heavy (non-hydrogen) atoms. The van der Waals surface area contributed by atoms with Crippen LogP contribution in [-0.2, 0) is 6.42 Å². The number of rotatable bonds is 7. The van der Waals surface area contributed by atoms with Crippen LogP contribution in [0, 0.1) is 18.8 Å². The third-order valence-corrected chi connectivity index (χ3v) is 7.02. The molecule has 2 unspecified atom stereocenters. The van der Waals surface area contributed by atoms with Gasteiger partial charge in [-0.1, -0.05) is 76.6 Å². The lowest BCUT2D eigenvalue weighted by Crippen LogP contribution is -2.25. The molecule has 1 aliphatic rings. The van der Waals surface area contributed by atoms with Gasteiger partial charge in [0, 0.05) is 28.5 Å². The van der Waals surface area contributed by atoms with E-state index in [0.717, 1.165) is 52.2 Å². The van der Waals surface area contributed by atoms with Crippen LogP contribution in [0.4, 0.5) is 0 Å². The summed E-state index contributed by atoms with van der Waals surface area (Å²) in [6.07, 6.45) is 10.6. The summed E-state index contributed by atoms with van der Waals surface area (Å²) < 4.78 is 0. The van der Waals surface area contributed by atoms with Gasteiger partial charge in [-0.05, 0) is 94.8 Å². The molecule has 1 saturated carbocycles. The molecule has 0 bridgehead atoms.